The molecule has 7 nitrogen and oxygen atoms in total. The molecule has 3 N–H and O–H groups in total. The van der Waals surface area contributed by atoms with Crippen LogP contribution < -0.4 is 20.9 Å². The van der Waals surface area contributed by atoms with Crippen molar-refractivity contribution in [1.29, 1.82) is 0 Å². The van der Waals surface area contributed by atoms with E-state index in [-0.39, 0.29) is 24.5 Å². The quantitative estimate of drug-likeness (QED) is 0.720. The van der Waals surface area contributed by atoms with E-state index in [4.69, 9.17) is 11.6 Å². The fourth-order valence-corrected chi connectivity index (χ4v) is 4.02. The number of hydrogen-bond acceptors (Lipinski definition) is 4. The van der Waals surface area contributed by atoms with Crippen LogP contribution in [0, 0.1) is 0 Å². The molecule has 8 heteroatoms. The van der Waals surface area contributed by atoms with Gasteiger partial charge in [0.05, 0.1) is 17.3 Å². The number of benzene rings is 2. The Morgan fingerprint density at radius 2 is 1.93 bits per heavy atom. The van der Waals surface area contributed by atoms with E-state index in [1.807, 2.05) is 47.4 Å². The summed E-state index contributed by atoms with van der Waals surface area (Å²) in [7, 11) is 0. The van der Waals surface area contributed by atoms with Gasteiger partial charge in [-0.3, -0.25) is 4.79 Å². The molecule has 2 aromatic carbocycles. The van der Waals surface area contributed by atoms with Gasteiger partial charge in [-0.25, -0.2) is 4.79 Å². The van der Waals surface area contributed by atoms with Crippen molar-refractivity contribution < 1.29 is 9.59 Å². The van der Waals surface area contributed by atoms with E-state index in [2.05, 4.69) is 16.0 Å². The second kappa shape index (κ2) is 8.61. The van der Waals surface area contributed by atoms with Crippen molar-refractivity contribution in [2.75, 3.05) is 48.3 Å². The monoisotopic (exact) mass is 413 g/mol. The van der Waals surface area contributed by atoms with Crippen molar-refractivity contribution in [1.82, 2.24) is 10.2 Å². The number of piperazine rings is 1. The van der Waals surface area contributed by atoms with E-state index in [1.54, 1.807) is 11.0 Å². The van der Waals surface area contributed by atoms with E-state index in [0.717, 1.165) is 17.8 Å². The lowest BCUT2D eigenvalue weighted by Gasteiger charge is -2.29. The normalized spacial score (nSPS) is 19.1. The molecule has 0 spiro atoms. The van der Waals surface area contributed by atoms with Gasteiger partial charge in [-0.05, 0) is 36.8 Å². The van der Waals surface area contributed by atoms with Crippen LogP contribution >= 0.6 is 11.6 Å². The van der Waals surface area contributed by atoms with Gasteiger partial charge in [-0.15, -0.1) is 0 Å². The Hall–Kier alpha value is -2.93. The second-order valence-electron chi connectivity index (χ2n) is 7.31. The third kappa shape index (κ3) is 4.74. The molecule has 4 rings (SSSR count). The maximum atomic E-state index is 12.6. The second-order valence-corrected chi connectivity index (χ2v) is 7.72. The highest BCUT2D eigenvalue weighted by Crippen LogP contribution is 2.29. The summed E-state index contributed by atoms with van der Waals surface area (Å²) in [4.78, 5) is 28.0. The largest absolute Gasteiger partial charge is 0.380 e. The number of amides is 3. The Morgan fingerprint density at radius 1 is 1.10 bits per heavy atom. The van der Waals surface area contributed by atoms with Gasteiger partial charge in [0, 0.05) is 43.6 Å². The first-order chi connectivity index (χ1) is 14.1. The summed E-state index contributed by atoms with van der Waals surface area (Å²) >= 11 is 6.42. The lowest BCUT2D eigenvalue weighted by Crippen LogP contribution is -2.47. The average Bonchev–Trinajstić information content (AvgIpc) is 3.17. The van der Waals surface area contributed by atoms with Gasteiger partial charge >= 0.3 is 6.03 Å². The van der Waals surface area contributed by atoms with Crippen molar-refractivity contribution in [3.63, 3.8) is 0 Å². The van der Waals surface area contributed by atoms with Crippen molar-refractivity contribution in [3.8, 4) is 0 Å². The zero-order valence-electron chi connectivity index (χ0n) is 16.0. The van der Waals surface area contributed by atoms with E-state index in [0.29, 0.717) is 36.9 Å². The number of rotatable bonds is 4. The number of hydrogen-bond donors (Lipinski definition) is 3. The molecule has 0 aromatic heterocycles. The molecule has 2 aromatic rings. The number of carbonyl (C=O) groups excluding carboxylic acids is 2. The SMILES string of the molecule is O=C1CN(c2ccc(NC(=O)N3CCC(Nc4ccccc4)C3)cc2Cl)CCN1. The van der Waals surface area contributed by atoms with Crippen molar-refractivity contribution >= 4 is 40.6 Å². The first-order valence-corrected chi connectivity index (χ1v) is 10.1. The van der Waals surface area contributed by atoms with Gasteiger partial charge in [0.1, 0.15) is 0 Å². The summed E-state index contributed by atoms with van der Waals surface area (Å²) in [6, 6.07) is 15.5. The summed E-state index contributed by atoms with van der Waals surface area (Å²) in [5.74, 6) is -0.0163. The molecule has 0 aliphatic carbocycles. The molecule has 0 saturated carbocycles. The van der Waals surface area contributed by atoms with Gasteiger partial charge < -0.3 is 25.8 Å². The Balaban J connectivity index is 1.34. The molecule has 2 heterocycles. The summed E-state index contributed by atoms with van der Waals surface area (Å²) in [5, 5.41) is 9.70. The molecule has 0 radical (unpaired) electrons. The van der Waals surface area contributed by atoms with Gasteiger partial charge in [0.15, 0.2) is 0 Å². The molecule has 152 valence electrons. The molecule has 0 bridgehead atoms. The molecular weight excluding hydrogens is 390 g/mol. The van der Waals surface area contributed by atoms with Crippen LogP contribution in [0.4, 0.5) is 21.9 Å². The number of anilines is 3. The molecular formula is C21H24ClN5O2. The van der Waals surface area contributed by atoms with Gasteiger partial charge in [-0.1, -0.05) is 29.8 Å². The highest BCUT2D eigenvalue weighted by Gasteiger charge is 2.26. The van der Waals surface area contributed by atoms with Crippen LogP contribution in [0.3, 0.4) is 0 Å². The number of urea groups is 1. The number of nitrogens with zero attached hydrogens (tertiary/aromatic N) is 2. The Kier molecular flexibility index (Phi) is 5.76. The van der Waals surface area contributed by atoms with E-state index >= 15 is 0 Å². The molecule has 2 aliphatic heterocycles. The van der Waals surface area contributed by atoms with Gasteiger partial charge in [0.2, 0.25) is 5.91 Å². The van der Waals surface area contributed by atoms with E-state index in [9.17, 15) is 9.59 Å². The molecule has 2 fully saturated rings. The Bertz CT molecular complexity index is 892. The maximum Gasteiger partial charge on any atom is 0.321 e. The zero-order chi connectivity index (χ0) is 20.2. The molecule has 3 amide bonds. The van der Waals surface area contributed by atoms with Crippen LogP contribution in [0.5, 0.6) is 0 Å². The third-order valence-corrected chi connectivity index (χ3v) is 5.50. The number of carbonyl (C=O) groups is 2. The molecule has 2 aliphatic rings. The third-order valence-electron chi connectivity index (χ3n) is 5.20. The smallest absolute Gasteiger partial charge is 0.321 e. The standard InChI is InChI=1S/C21H24ClN5O2/c22-18-12-16(6-7-19(18)26-11-9-23-20(28)14-26)25-21(29)27-10-8-17(13-27)24-15-4-2-1-3-5-15/h1-7,12,17,24H,8-11,13-14H2,(H,23,28)(H,25,29). The fourth-order valence-electron chi connectivity index (χ4n) is 3.72. The fraction of sp³-hybridized carbons (Fsp3) is 0.333. The predicted octanol–water partition coefficient (Wildman–Crippen LogP) is 2.99. The Labute approximate surface area is 175 Å². The van der Waals surface area contributed by atoms with Crippen LogP contribution in [-0.4, -0.2) is 55.6 Å². The van der Waals surface area contributed by atoms with Crippen molar-refractivity contribution in [2.45, 2.75) is 12.5 Å². The zero-order valence-corrected chi connectivity index (χ0v) is 16.8. The lowest BCUT2D eigenvalue weighted by molar-refractivity contribution is -0.120. The van der Waals surface area contributed by atoms with Crippen LogP contribution in [-0.2, 0) is 4.79 Å². The lowest BCUT2D eigenvalue weighted by atomic mass is 10.2. The molecule has 1 atom stereocenters. The number of halogens is 1. The minimum absolute atomic E-state index is 0.0163. The first kappa shape index (κ1) is 19.4. The minimum atomic E-state index is -0.136. The highest BCUT2D eigenvalue weighted by molar-refractivity contribution is 6.33. The van der Waals surface area contributed by atoms with Crippen molar-refractivity contribution in [2.24, 2.45) is 0 Å². The molecule has 29 heavy (non-hydrogen) atoms. The van der Waals surface area contributed by atoms with Crippen LogP contribution in [0.25, 0.3) is 0 Å². The summed E-state index contributed by atoms with van der Waals surface area (Å²) in [6.07, 6.45) is 0.902. The summed E-state index contributed by atoms with van der Waals surface area (Å²) in [6.45, 7) is 2.94. The van der Waals surface area contributed by atoms with E-state index < -0.39 is 0 Å². The maximum absolute atomic E-state index is 12.6. The predicted molar refractivity (Wildman–Crippen MR) is 116 cm³/mol. The van der Waals surface area contributed by atoms with Crippen LogP contribution in [0.15, 0.2) is 48.5 Å². The average molecular weight is 414 g/mol. The topological polar surface area (TPSA) is 76.7 Å². The van der Waals surface area contributed by atoms with Crippen LogP contribution in [0.1, 0.15) is 6.42 Å². The van der Waals surface area contributed by atoms with Crippen molar-refractivity contribution in [3.05, 3.63) is 53.6 Å². The number of nitrogens with one attached hydrogen (secondary N) is 3. The number of para-hydroxylation sites is 1. The summed E-state index contributed by atoms with van der Waals surface area (Å²) < 4.78 is 0. The first-order valence-electron chi connectivity index (χ1n) is 9.77. The highest BCUT2D eigenvalue weighted by atomic mass is 35.5. The summed E-state index contributed by atoms with van der Waals surface area (Å²) in [5.41, 5.74) is 2.51. The van der Waals surface area contributed by atoms with Crippen LogP contribution in [0.2, 0.25) is 5.02 Å². The minimum Gasteiger partial charge on any atom is -0.380 e. The molecule has 1 unspecified atom stereocenters. The van der Waals surface area contributed by atoms with Gasteiger partial charge in [-0.2, -0.15) is 0 Å². The Morgan fingerprint density at radius 3 is 2.69 bits per heavy atom. The van der Waals surface area contributed by atoms with Gasteiger partial charge in [0.25, 0.3) is 0 Å². The molecule has 2 saturated heterocycles. The van der Waals surface area contributed by atoms with E-state index in [1.165, 1.54) is 0 Å². The number of likely N-dealkylation sites (tertiary alicyclic amines) is 1.